The molecule has 0 aliphatic carbocycles. The van der Waals surface area contributed by atoms with E-state index in [2.05, 4.69) is 20.6 Å². The van der Waals surface area contributed by atoms with Gasteiger partial charge in [-0.1, -0.05) is 17.7 Å². The summed E-state index contributed by atoms with van der Waals surface area (Å²) in [4.78, 5) is 34.1. The van der Waals surface area contributed by atoms with Crippen LogP contribution in [0, 0.1) is 6.92 Å². The number of benzene rings is 1. The number of hydrogen-bond acceptors (Lipinski definition) is 6. The van der Waals surface area contributed by atoms with Crippen molar-refractivity contribution in [2.24, 2.45) is 0 Å². The minimum Gasteiger partial charge on any atom is -0.325 e. The molecule has 0 unspecified atom stereocenters. The normalized spacial score (nSPS) is 10.6. The molecule has 2 amide bonds. The van der Waals surface area contributed by atoms with E-state index in [1.165, 1.54) is 18.7 Å². The summed E-state index contributed by atoms with van der Waals surface area (Å²) in [7, 11) is 0. The predicted molar refractivity (Wildman–Crippen MR) is 116 cm³/mol. The number of thiophene rings is 1. The largest absolute Gasteiger partial charge is 0.325 e. The van der Waals surface area contributed by atoms with Crippen LogP contribution in [0.15, 0.2) is 40.7 Å². The van der Waals surface area contributed by atoms with Crippen molar-refractivity contribution in [3.63, 3.8) is 0 Å². The van der Waals surface area contributed by atoms with Crippen LogP contribution in [0.5, 0.6) is 0 Å². The second kappa shape index (κ2) is 8.72. The summed E-state index contributed by atoms with van der Waals surface area (Å²) in [6.45, 7) is 3.19. The van der Waals surface area contributed by atoms with Crippen molar-refractivity contribution in [3.8, 4) is 10.7 Å². The van der Waals surface area contributed by atoms with Crippen molar-refractivity contribution in [2.45, 2.75) is 18.9 Å². The fourth-order valence-corrected chi connectivity index (χ4v) is 4.06. The Labute approximate surface area is 175 Å². The lowest BCUT2D eigenvalue weighted by Gasteiger charge is -2.13. The van der Waals surface area contributed by atoms with Gasteiger partial charge >= 0.3 is 0 Å². The minimum atomic E-state index is -0.317. The molecule has 2 heterocycles. The first-order valence-electron chi connectivity index (χ1n) is 8.24. The van der Waals surface area contributed by atoms with Crippen molar-refractivity contribution >= 4 is 57.9 Å². The Morgan fingerprint density at radius 3 is 2.57 bits per heavy atom. The monoisotopic (exact) mass is 432 g/mol. The van der Waals surface area contributed by atoms with E-state index in [1.807, 2.05) is 23.8 Å². The first-order valence-corrected chi connectivity index (χ1v) is 10.7. The molecule has 2 aromatic heterocycles. The van der Waals surface area contributed by atoms with Gasteiger partial charge in [-0.05, 0) is 42.8 Å². The maximum atomic E-state index is 12.9. The number of carbonyl (C=O) groups excluding carboxylic acids is 2. The van der Waals surface area contributed by atoms with Crippen LogP contribution >= 0.6 is 34.7 Å². The molecule has 0 aliphatic rings. The number of halogens is 1. The number of aryl methyl sites for hydroxylation is 1. The maximum Gasteiger partial charge on any atom is 0.260 e. The lowest BCUT2D eigenvalue weighted by Crippen LogP contribution is -2.17. The third-order valence-corrected chi connectivity index (χ3v) is 5.62. The Morgan fingerprint density at radius 2 is 1.96 bits per heavy atom. The van der Waals surface area contributed by atoms with Gasteiger partial charge in [0.2, 0.25) is 5.91 Å². The lowest BCUT2D eigenvalue weighted by molar-refractivity contribution is -0.114. The molecule has 3 aromatic rings. The van der Waals surface area contributed by atoms with Gasteiger partial charge in [-0.2, -0.15) is 0 Å². The van der Waals surface area contributed by atoms with E-state index >= 15 is 0 Å². The molecule has 0 aliphatic heterocycles. The molecule has 144 valence electrons. The fraction of sp³-hybridized carbons (Fsp3) is 0.158. The highest BCUT2D eigenvalue weighted by Crippen LogP contribution is 2.29. The molecule has 1 aromatic carbocycles. The summed E-state index contributed by atoms with van der Waals surface area (Å²) >= 11 is 9.12. The Kier molecular flexibility index (Phi) is 6.33. The van der Waals surface area contributed by atoms with E-state index in [9.17, 15) is 9.59 Å². The van der Waals surface area contributed by atoms with Crippen molar-refractivity contribution in [1.29, 1.82) is 0 Å². The Morgan fingerprint density at radius 1 is 1.18 bits per heavy atom. The van der Waals surface area contributed by atoms with E-state index in [0.717, 1.165) is 4.88 Å². The van der Waals surface area contributed by atoms with Crippen LogP contribution < -0.4 is 10.6 Å². The maximum absolute atomic E-state index is 12.9. The number of hydrogen-bond donors (Lipinski definition) is 2. The number of rotatable bonds is 5. The molecule has 2 N–H and O–H groups in total. The molecule has 3 rings (SSSR count). The third kappa shape index (κ3) is 4.52. The highest BCUT2D eigenvalue weighted by molar-refractivity contribution is 7.98. The Hall–Kier alpha value is -2.42. The number of nitrogens with zero attached hydrogens (tertiary/aromatic N) is 2. The molecule has 28 heavy (non-hydrogen) atoms. The van der Waals surface area contributed by atoms with Crippen LogP contribution in [-0.4, -0.2) is 28.0 Å². The van der Waals surface area contributed by atoms with Crippen LogP contribution in [0.3, 0.4) is 0 Å². The number of aromatic nitrogens is 2. The van der Waals surface area contributed by atoms with Crippen molar-refractivity contribution in [1.82, 2.24) is 9.97 Å². The molecule has 0 saturated carbocycles. The topological polar surface area (TPSA) is 84.0 Å². The molecule has 9 heteroatoms. The van der Waals surface area contributed by atoms with Crippen molar-refractivity contribution < 1.29 is 9.59 Å². The van der Waals surface area contributed by atoms with E-state index < -0.39 is 0 Å². The minimum absolute atomic E-state index is 0.220. The average Bonchev–Trinajstić information content (AvgIpc) is 3.17. The van der Waals surface area contributed by atoms with E-state index in [-0.39, 0.29) is 11.8 Å². The molecule has 0 radical (unpaired) electrons. The first-order chi connectivity index (χ1) is 13.4. The number of nitrogens with one attached hydrogen (secondary N) is 2. The van der Waals surface area contributed by atoms with Crippen molar-refractivity contribution in [2.75, 3.05) is 16.9 Å². The smallest absolute Gasteiger partial charge is 0.260 e. The molecule has 6 nitrogen and oxygen atoms in total. The van der Waals surface area contributed by atoms with Gasteiger partial charge in [-0.25, -0.2) is 9.97 Å². The SMILES string of the molecule is CSc1nc(-c2cccs2)nc(C)c1C(=O)Nc1ccc(NC(C)=O)c(Cl)c1. The number of amides is 2. The molecule has 0 spiro atoms. The van der Waals surface area contributed by atoms with E-state index in [1.54, 1.807) is 36.5 Å². The number of thioether (sulfide) groups is 1. The van der Waals surface area contributed by atoms with Gasteiger partial charge in [-0.15, -0.1) is 23.1 Å². The van der Waals surface area contributed by atoms with Gasteiger partial charge in [0.1, 0.15) is 5.03 Å². The zero-order chi connectivity index (χ0) is 20.3. The third-order valence-electron chi connectivity index (χ3n) is 3.76. The van der Waals surface area contributed by atoms with Crippen molar-refractivity contribution in [3.05, 3.63) is 52.0 Å². The van der Waals surface area contributed by atoms with E-state index in [0.29, 0.717) is 38.5 Å². The van der Waals surface area contributed by atoms with Gasteiger partial charge < -0.3 is 10.6 Å². The summed E-state index contributed by atoms with van der Waals surface area (Å²) in [6.07, 6.45) is 1.87. The highest BCUT2D eigenvalue weighted by atomic mass is 35.5. The zero-order valence-electron chi connectivity index (χ0n) is 15.4. The predicted octanol–water partition coefficient (Wildman–Crippen LogP) is 5.10. The number of anilines is 2. The average molecular weight is 433 g/mol. The van der Waals surface area contributed by atoms with Crippen LogP contribution in [-0.2, 0) is 4.79 Å². The Bertz CT molecular complexity index is 1040. The molecule has 0 atom stereocenters. The zero-order valence-corrected chi connectivity index (χ0v) is 17.8. The summed E-state index contributed by atoms with van der Waals surface area (Å²) in [5.74, 6) is 0.0703. The van der Waals surface area contributed by atoms with Crippen LogP contribution in [0.1, 0.15) is 23.0 Å². The van der Waals surface area contributed by atoms with Gasteiger partial charge in [0.15, 0.2) is 5.82 Å². The Balaban J connectivity index is 1.88. The van der Waals surface area contributed by atoms with Gasteiger partial charge in [0, 0.05) is 12.6 Å². The summed E-state index contributed by atoms with van der Waals surface area (Å²) in [5.41, 5.74) is 2.02. The van der Waals surface area contributed by atoms with E-state index in [4.69, 9.17) is 11.6 Å². The second-order valence-corrected chi connectivity index (χ2v) is 7.97. The highest BCUT2D eigenvalue weighted by Gasteiger charge is 2.20. The fourth-order valence-electron chi connectivity index (χ4n) is 2.55. The molecule has 0 saturated heterocycles. The van der Waals surface area contributed by atoms with Crippen LogP contribution in [0.25, 0.3) is 10.7 Å². The molecule has 0 fully saturated rings. The van der Waals surface area contributed by atoms with Crippen LogP contribution in [0.2, 0.25) is 5.02 Å². The second-order valence-electron chi connectivity index (χ2n) is 5.82. The molecular weight excluding hydrogens is 416 g/mol. The van der Waals surface area contributed by atoms with Crippen LogP contribution in [0.4, 0.5) is 11.4 Å². The summed E-state index contributed by atoms with van der Waals surface area (Å²) in [5, 5.41) is 8.35. The molecule has 0 bridgehead atoms. The van der Waals surface area contributed by atoms with Gasteiger partial charge in [-0.3, -0.25) is 9.59 Å². The first kappa shape index (κ1) is 20.3. The standard InChI is InChI=1S/C19H17ClN4O2S2/c1-10-16(19(27-3)24-17(21-10)15-5-4-8-28-15)18(26)23-12-6-7-14(13(20)9-12)22-11(2)25/h4-9H,1-3H3,(H,22,25)(H,23,26). The number of carbonyl (C=O) groups is 2. The lowest BCUT2D eigenvalue weighted by atomic mass is 10.2. The summed E-state index contributed by atoms with van der Waals surface area (Å²) in [6, 6.07) is 8.77. The quantitative estimate of drug-likeness (QED) is 0.433. The molecular formula is C19H17ClN4O2S2. The van der Waals surface area contributed by atoms with Gasteiger partial charge in [0.25, 0.3) is 5.91 Å². The van der Waals surface area contributed by atoms with Gasteiger partial charge in [0.05, 0.1) is 26.8 Å². The summed E-state index contributed by atoms with van der Waals surface area (Å²) < 4.78 is 0.